The molecule has 114 valence electrons. The van der Waals surface area contributed by atoms with Gasteiger partial charge < -0.3 is 5.11 Å². The number of anilines is 1. The molecule has 0 unspecified atom stereocenters. The number of rotatable bonds is 5. The fraction of sp³-hybridized carbons (Fsp3) is 0.455. The van der Waals surface area contributed by atoms with Crippen molar-refractivity contribution < 1.29 is 26.7 Å². The third-order valence-corrected chi connectivity index (χ3v) is 4.04. The van der Waals surface area contributed by atoms with Crippen LogP contribution in [0.1, 0.15) is 12.5 Å². The van der Waals surface area contributed by atoms with E-state index in [9.17, 15) is 26.7 Å². The zero-order valence-corrected chi connectivity index (χ0v) is 11.7. The first kappa shape index (κ1) is 16.6. The lowest BCUT2D eigenvalue weighted by atomic mass is 10.2. The molecular weight excluding hydrogens is 297 g/mol. The minimum atomic E-state index is -4.64. The highest BCUT2D eigenvalue weighted by molar-refractivity contribution is 7.90. The molecule has 20 heavy (non-hydrogen) atoms. The highest BCUT2D eigenvalue weighted by atomic mass is 32.2. The topological polar surface area (TPSA) is 69.6 Å². The van der Waals surface area contributed by atoms with Crippen LogP contribution in [-0.4, -0.2) is 32.8 Å². The van der Waals surface area contributed by atoms with Crippen molar-refractivity contribution in [2.24, 2.45) is 0 Å². The Morgan fingerprint density at radius 2 is 1.95 bits per heavy atom. The van der Waals surface area contributed by atoms with Gasteiger partial charge in [-0.2, -0.15) is 26.3 Å². The van der Waals surface area contributed by atoms with E-state index < -0.39 is 22.9 Å². The molecule has 0 amide bonds. The summed E-state index contributed by atoms with van der Waals surface area (Å²) in [6.45, 7) is 1.36. The number of aromatic hydroxyl groups is 1. The van der Waals surface area contributed by atoms with Crippen molar-refractivity contribution in [1.29, 1.82) is 0 Å². The van der Waals surface area contributed by atoms with Crippen molar-refractivity contribution in [3.05, 3.63) is 23.8 Å². The number of halogens is 3. The lowest BCUT2D eigenvalue weighted by molar-refractivity contribution is -0.121. The van der Waals surface area contributed by atoms with Crippen molar-refractivity contribution in [2.45, 2.75) is 20.0 Å². The number of aryl methyl sites for hydroxylation is 1. The van der Waals surface area contributed by atoms with Gasteiger partial charge in [0.2, 0.25) is 0 Å². The monoisotopic (exact) mass is 312 g/mol. The summed E-state index contributed by atoms with van der Waals surface area (Å²) >= 11 is 0. The van der Waals surface area contributed by atoms with E-state index >= 15 is 0 Å². The van der Waals surface area contributed by atoms with Gasteiger partial charge in [-0.15, -0.1) is 0 Å². The highest BCUT2D eigenvalue weighted by Gasteiger charge is 2.32. The van der Waals surface area contributed by atoms with Gasteiger partial charge in [0, 0.05) is 12.6 Å². The van der Waals surface area contributed by atoms with Gasteiger partial charge >= 0.3 is 16.4 Å². The Labute approximate surface area is 115 Å². The van der Waals surface area contributed by atoms with Crippen LogP contribution in [0.3, 0.4) is 0 Å². The van der Waals surface area contributed by atoms with Gasteiger partial charge in [-0.25, -0.2) is 0 Å². The average Bonchev–Trinajstić information content (AvgIpc) is 2.31. The van der Waals surface area contributed by atoms with E-state index in [1.165, 1.54) is 29.8 Å². The van der Waals surface area contributed by atoms with Crippen LogP contribution < -0.4 is 9.03 Å². The molecule has 1 aromatic carbocycles. The molecular formula is C11H15F3N2O3S. The van der Waals surface area contributed by atoms with Gasteiger partial charge in [0.1, 0.15) is 12.3 Å². The predicted octanol–water partition coefficient (Wildman–Crippen LogP) is 1.92. The Morgan fingerprint density at radius 3 is 2.45 bits per heavy atom. The molecule has 5 nitrogen and oxygen atoms in total. The molecule has 0 fully saturated rings. The Morgan fingerprint density at radius 1 is 1.35 bits per heavy atom. The summed E-state index contributed by atoms with van der Waals surface area (Å²) in [4.78, 5) is 0. The average molecular weight is 312 g/mol. The summed E-state index contributed by atoms with van der Waals surface area (Å²) in [5.41, 5.74) is 0.643. The number of alkyl halides is 3. The molecule has 2 N–H and O–H groups in total. The summed E-state index contributed by atoms with van der Waals surface area (Å²) < 4.78 is 62.4. The van der Waals surface area contributed by atoms with Crippen molar-refractivity contribution >= 4 is 15.9 Å². The first-order valence-electron chi connectivity index (χ1n) is 5.70. The summed E-state index contributed by atoms with van der Waals surface area (Å²) in [5, 5.41) is 9.38. The van der Waals surface area contributed by atoms with Crippen molar-refractivity contribution in [3.8, 4) is 5.75 Å². The second-order valence-corrected chi connectivity index (χ2v) is 5.76. The minimum absolute atomic E-state index is 0.0719. The number of nitrogens with zero attached hydrogens (tertiary/aromatic N) is 1. The van der Waals surface area contributed by atoms with Gasteiger partial charge in [-0.1, -0.05) is 6.07 Å². The van der Waals surface area contributed by atoms with Crippen LogP contribution in [0.5, 0.6) is 5.75 Å². The second kappa shape index (κ2) is 5.88. The maximum absolute atomic E-state index is 12.1. The Kier molecular flexibility index (Phi) is 4.87. The molecule has 9 heteroatoms. The molecule has 0 bridgehead atoms. The Bertz CT molecular complexity index is 573. The Hall–Kier alpha value is -1.48. The first-order valence-corrected chi connectivity index (χ1v) is 7.14. The summed E-state index contributed by atoms with van der Waals surface area (Å²) in [7, 11) is -4.35. The number of phenols is 1. The molecule has 1 aromatic rings. The number of benzene rings is 1. The quantitative estimate of drug-likeness (QED) is 0.873. The molecule has 0 aliphatic carbocycles. The fourth-order valence-electron chi connectivity index (χ4n) is 1.59. The van der Waals surface area contributed by atoms with Gasteiger partial charge in [0.25, 0.3) is 0 Å². The first-order chi connectivity index (χ1) is 9.07. The van der Waals surface area contributed by atoms with E-state index in [2.05, 4.69) is 0 Å². The number of nitrogens with one attached hydrogen (secondary N) is 1. The van der Waals surface area contributed by atoms with E-state index in [0.717, 1.165) is 4.31 Å². The predicted molar refractivity (Wildman–Crippen MR) is 68.8 cm³/mol. The molecule has 0 aliphatic rings. The van der Waals surface area contributed by atoms with Crippen LogP contribution in [0.2, 0.25) is 0 Å². The number of phenolic OH excluding ortho intramolecular Hbond substituents is 1. The van der Waals surface area contributed by atoms with Gasteiger partial charge in [-0.3, -0.25) is 4.31 Å². The summed E-state index contributed by atoms with van der Waals surface area (Å²) in [6, 6.07) is 4.03. The normalized spacial score (nSPS) is 12.4. The molecule has 0 saturated carbocycles. The van der Waals surface area contributed by atoms with E-state index in [0.29, 0.717) is 5.56 Å². The van der Waals surface area contributed by atoms with E-state index in [4.69, 9.17) is 0 Å². The van der Waals surface area contributed by atoms with Crippen LogP contribution in [0.15, 0.2) is 18.2 Å². The summed E-state index contributed by atoms with van der Waals surface area (Å²) in [5.74, 6) is -0.171. The largest absolute Gasteiger partial charge is 0.508 e. The summed E-state index contributed by atoms with van der Waals surface area (Å²) in [6.07, 6.45) is -4.64. The van der Waals surface area contributed by atoms with Gasteiger partial charge in [0.05, 0.1) is 5.69 Å². The van der Waals surface area contributed by atoms with Crippen molar-refractivity contribution in [1.82, 2.24) is 4.72 Å². The third kappa shape index (κ3) is 4.27. The maximum atomic E-state index is 12.1. The fourth-order valence-corrected chi connectivity index (χ4v) is 2.88. The van der Waals surface area contributed by atoms with Gasteiger partial charge in [-0.05, 0) is 25.5 Å². The van der Waals surface area contributed by atoms with Crippen LogP contribution in [0.4, 0.5) is 18.9 Å². The van der Waals surface area contributed by atoms with Crippen LogP contribution >= 0.6 is 0 Å². The molecule has 0 aromatic heterocycles. The molecule has 0 radical (unpaired) electrons. The Balaban J connectivity index is 3.09. The maximum Gasteiger partial charge on any atom is 0.402 e. The SMILES string of the molecule is CCN(c1cc(O)ccc1C)S(=O)(=O)NCC(F)(F)F. The second-order valence-electron chi connectivity index (χ2n) is 4.08. The number of hydrogen-bond donors (Lipinski definition) is 2. The molecule has 0 spiro atoms. The van der Waals surface area contributed by atoms with Gasteiger partial charge in [0.15, 0.2) is 0 Å². The van der Waals surface area contributed by atoms with Crippen LogP contribution in [-0.2, 0) is 10.2 Å². The lowest BCUT2D eigenvalue weighted by Crippen LogP contribution is -2.44. The molecule has 0 heterocycles. The van der Waals surface area contributed by atoms with E-state index in [1.54, 1.807) is 6.92 Å². The molecule has 1 rings (SSSR count). The van der Waals surface area contributed by atoms with Crippen molar-refractivity contribution in [2.75, 3.05) is 17.4 Å². The minimum Gasteiger partial charge on any atom is -0.508 e. The van der Waals surface area contributed by atoms with Crippen molar-refractivity contribution in [3.63, 3.8) is 0 Å². The number of hydrogen-bond acceptors (Lipinski definition) is 3. The molecule has 0 aliphatic heterocycles. The smallest absolute Gasteiger partial charge is 0.402 e. The third-order valence-electron chi connectivity index (χ3n) is 2.49. The molecule has 0 saturated heterocycles. The lowest BCUT2D eigenvalue weighted by Gasteiger charge is -2.25. The van der Waals surface area contributed by atoms with E-state index in [-0.39, 0.29) is 18.0 Å². The van der Waals surface area contributed by atoms with Crippen LogP contribution in [0.25, 0.3) is 0 Å². The standard InChI is InChI=1S/C11H15F3N2O3S/c1-3-16(10-6-9(17)5-4-8(10)2)20(18,19)15-7-11(12,13)14/h4-6,15,17H,3,7H2,1-2H3. The van der Waals surface area contributed by atoms with E-state index in [1.807, 2.05) is 0 Å². The van der Waals surface area contributed by atoms with Crippen LogP contribution in [0, 0.1) is 6.92 Å². The zero-order chi connectivity index (χ0) is 15.6. The molecule has 0 atom stereocenters. The highest BCUT2D eigenvalue weighted by Crippen LogP contribution is 2.26. The zero-order valence-electron chi connectivity index (χ0n) is 10.9.